The van der Waals surface area contributed by atoms with Gasteiger partial charge in [0.1, 0.15) is 39.6 Å². The first-order chi connectivity index (χ1) is 27.5. The van der Waals surface area contributed by atoms with Gasteiger partial charge in [-0.15, -0.1) is 0 Å². The van der Waals surface area contributed by atoms with Gasteiger partial charge in [-0.25, -0.2) is 14.6 Å². The molecule has 4 fully saturated rings. The lowest BCUT2D eigenvalue weighted by Gasteiger charge is -2.32. The summed E-state index contributed by atoms with van der Waals surface area (Å²) in [4.78, 5) is 43.5. The summed E-state index contributed by atoms with van der Waals surface area (Å²) in [6, 6.07) is 21.6. The van der Waals surface area contributed by atoms with Crippen LogP contribution in [-0.4, -0.2) is 49.9 Å². The lowest BCUT2D eigenvalue weighted by Crippen LogP contribution is -2.49. The first kappa shape index (κ1) is 37.0. The zero-order valence-corrected chi connectivity index (χ0v) is 34.6. The van der Waals surface area contributed by atoms with Crippen LogP contribution in [0.1, 0.15) is 104 Å². The number of nitrogens with zero attached hydrogens (tertiary/aromatic N) is 2. The molecule has 0 bridgehead atoms. The van der Waals surface area contributed by atoms with Crippen LogP contribution in [0.5, 0.6) is 5.88 Å². The van der Waals surface area contributed by atoms with E-state index in [4.69, 9.17) is 24.2 Å². The van der Waals surface area contributed by atoms with E-state index in [9.17, 15) is 9.59 Å². The number of H-pyrrole nitrogens is 2. The van der Waals surface area contributed by atoms with Crippen LogP contribution in [0.15, 0.2) is 60.7 Å². The third kappa shape index (κ3) is 6.50. The highest BCUT2D eigenvalue weighted by Gasteiger charge is 2.65. The number of fused-ring (bicyclic) bond motifs is 6. The Morgan fingerprint density at radius 2 is 1.48 bits per heavy atom. The van der Waals surface area contributed by atoms with Gasteiger partial charge in [0.05, 0.1) is 17.6 Å². The second-order valence-corrected chi connectivity index (χ2v) is 20.0. The molecule has 3 aromatic carbocycles. The van der Waals surface area contributed by atoms with Crippen LogP contribution in [0.2, 0.25) is 0 Å². The van der Waals surface area contributed by atoms with Gasteiger partial charge in [0, 0.05) is 12.0 Å². The summed E-state index contributed by atoms with van der Waals surface area (Å²) in [5.74, 6) is 3.68. The van der Waals surface area contributed by atoms with Crippen molar-refractivity contribution < 1.29 is 23.8 Å². The number of amides is 2. The molecule has 4 N–H and O–H groups in total. The normalized spacial score (nSPS) is 28.0. The number of carbonyl (C=O) groups excluding carboxylic acids is 2. The van der Waals surface area contributed by atoms with Crippen molar-refractivity contribution in [3.05, 3.63) is 77.9 Å². The number of imidazole rings is 2. The molecule has 11 nitrogen and oxygen atoms in total. The predicted molar refractivity (Wildman–Crippen MR) is 222 cm³/mol. The number of nitrogens with one attached hydrogen (secondary N) is 4. The van der Waals surface area contributed by atoms with Gasteiger partial charge in [0.15, 0.2) is 0 Å². The molecule has 2 amide bonds. The van der Waals surface area contributed by atoms with Crippen LogP contribution in [0, 0.1) is 23.2 Å². The smallest absolute Gasteiger partial charge is 0.408 e. The van der Waals surface area contributed by atoms with Crippen LogP contribution in [0.3, 0.4) is 0 Å². The number of hydrogen-bond donors (Lipinski definition) is 4. The molecule has 3 heterocycles. The van der Waals surface area contributed by atoms with Crippen molar-refractivity contribution in [2.24, 2.45) is 23.2 Å². The zero-order chi connectivity index (χ0) is 40.4. The first-order valence-electron chi connectivity index (χ1n) is 21.0. The van der Waals surface area contributed by atoms with Gasteiger partial charge >= 0.3 is 12.2 Å². The molecule has 4 saturated carbocycles. The highest BCUT2D eigenvalue weighted by Crippen LogP contribution is 2.68. The average molecular weight is 783 g/mol. The summed E-state index contributed by atoms with van der Waals surface area (Å²) in [6.07, 6.45) is 5.77. The maximum Gasteiger partial charge on any atom is 0.408 e. The van der Waals surface area contributed by atoms with Gasteiger partial charge in [-0.2, -0.15) is 4.98 Å². The Labute approximate surface area is 339 Å². The van der Waals surface area contributed by atoms with E-state index in [0.29, 0.717) is 30.2 Å². The molecule has 5 aromatic rings. The molecule has 1 aliphatic heterocycles. The molecule has 5 aliphatic rings. The molecular weight excluding hydrogens is 729 g/mol. The van der Waals surface area contributed by atoms with E-state index >= 15 is 0 Å². The molecule has 6 atom stereocenters. The Hall–Kier alpha value is -5.32. The quantitative estimate of drug-likeness (QED) is 0.134. The molecule has 10 rings (SSSR count). The Morgan fingerprint density at radius 3 is 2.12 bits per heavy atom. The predicted octanol–water partition coefficient (Wildman–Crippen LogP) is 9.91. The molecule has 0 radical (unpaired) electrons. The number of aromatic amines is 2. The second-order valence-electron chi connectivity index (χ2n) is 20.0. The number of rotatable bonds is 6. The summed E-state index contributed by atoms with van der Waals surface area (Å²) >= 11 is 0. The fourth-order valence-electron chi connectivity index (χ4n) is 10.4. The maximum atomic E-state index is 13.1. The Bertz CT molecular complexity index is 2470. The highest BCUT2D eigenvalue weighted by molar-refractivity contribution is 5.83. The van der Waals surface area contributed by atoms with Gasteiger partial charge in [-0.05, 0) is 143 Å². The lowest BCUT2D eigenvalue weighted by atomic mass is 9.89. The molecule has 4 aliphatic carbocycles. The van der Waals surface area contributed by atoms with E-state index in [1.807, 2.05) is 41.5 Å². The van der Waals surface area contributed by atoms with Crippen molar-refractivity contribution in [2.75, 3.05) is 6.61 Å². The number of alkyl carbamates (subject to hydrolysis) is 2. The lowest BCUT2D eigenvalue weighted by molar-refractivity contribution is 0.0422. The minimum absolute atomic E-state index is 0.193. The third-order valence-electron chi connectivity index (χ3n) is 13.3. The Kier molecular flexibility index (Phi) is 8.03. The van der Waals surface area contributed by atoms with Crippen molar-refractivity contribution in [1.29, 1.82) is 0 Å². The summed E-state index contributed by atoms with van der Waals surface area (Å²) in [7, 11) is 0. The summed E-state index contributed by atoms with van der Waals surface area (Å²) in [6.45, 7) is 14.1. The van der Waals surface area contributed by atoms with Crippen molar-refractivity contribution in [3.63, 3.8) is 0 Å². The van der Waals surface area contributed by atoms with Gasteiger partial charge in [-0.3, -0.25) is 0 Å². The SMILES string of the molecule is CC(C)(C)OC(=O)NC1(c2nc3c([nH]2)-c2ccc(-c4ccc(-c5ccc6nc(C7(NC(=O)OC(C)(C)C)CCC8CC87)[nH]c6c5)cc4)cc2CCO3)CC2CC2(C)C1. The molecule has 2 aromatic heterocycles. The van der Waals surface area contributed by atoms with Crippen molar-refractivity contribution in [2.45, 2.75) is 116 Å². The molecule has 6 unspecified atom stereocenters. The van der Waals surface area contributed by atoms with Crippen LogP contribution < -0.4 is 15.4 Å². The number of aromatic nitrogens is 4. The Morgan fingerprint density at radius 1 is 0.810 bits per heavy atom. The fraction of sp³-hybridized carbons (Fsp3) is 0.489. The molecule has 58 heavy (non-hydrogen) atoms. The van der Waals surface area contributed by atoms with Crippen LogP contribution >= 0.6 is 0 Å². The molecular formula is C47H54N6O5. The van der Waals surface area contributed by atoms with E-state index in [-0.39, 0.29) is 5.41 Å². The van der Waals surface area contributed by atoms with Gasteiger partial charge < -0.3 is 34.8 Å². The van der Waals surface area contributed by atoms with Crippen molar-refractivity contribution in [3.8, 4) is 39.4 Å². The van der Waals surface area contributed by atoms with Crippen LogP contribution in [0.4, 0.5) is 9.59 Å². The highest BCUT2D eigenvalue weighted by atomic mass is 16.6. The van der Waals surface area contributed by atoms with E-state index in [2.05, 4.69) is 88.2 Å². The first-order valence-corrected chi connectivity index (χ1v) is 21.0. The van der Waals surface area contributed by atoms with E-state index in [1.54, 1.807) is 0 Å². The molecule has 0 spiro atoms. The Balaban J connectivity index is 0.894. The minimum atomic E-state index is -0.640. The molecule has 0 saturated heterocycles. The number of ether oxygens (including phenoxy) is 3. The summed E-state index contributed by atoms with van der Waals surface area (Å²) in [5.41, 5.74) is 7.25. The topological polar surface area (TPSA) is 143 Å². The van der Waals surface area contributed by atoms with E-state index in [0.717, 1.165) is 94.7 Å². The zero-order valence-electron chi connectivity index (χ0n) is 34.6. The number of benzene rings is 3. The third-order valence-corrected chi connectivity index (χ3v) is 13.3. The largest absolute Gasteiger partial charge is 0.476 e. The van der Waals surface area contributed by atoms with Gasteiger partial charge in [-0.1, -0.05) is 55.5 Å². The average Bonchev–Trinajstić information content (AvgIpc) is 3.78. The number of carbonyl (C=O) groups is 2. The monoisotopic (exact) mass is 782 g/mol. The molecule has 11 heteroatoms. The summed E-state index contributed by atoms with van der Waals surface area (Å²) in [5, 5.41) is 6.51. The molecule has 302 valence electrons. The second kappa shape index (κ2) is 12.6. The van der Waals surface area contributed by atoms with Crippen molar-refractivity contribution in [1.82, 2.24) is 30.6 Å². The maximum absolute atomic E-state index is 13.1. The van der Waals surface area contributed by atoms with Crippen LogP contribution in [0.25, 0.3) is 44.5 Å². The van der Waals surface area contributed by atoms with Gasteiger partial charge in [0.2, 0.25) is 5.88 Å². The van der Waals surface area contributed by atoms with Gasteiger partial charge in [0.25, 0.3) is 0 Å². The van der Waals surface area contributed by atoms with E-state index in [1.165, 1.54) is 12.0 Å². The summed E-state index contributed by atoms with van der Waals surface area (Å²) < 4.78 is 17.7. The number of hydrogen-bond acceptors (Lipinski definition) is 7. The van der Waals surface area contributed by atoms with Crippen LogP contribution in [-0.2, 0) is 27.0 Å². The minimum Gasteiger partial charge on any atom is -0.476 e. The van der Waals surface area contributed by atoms with E-state index < -0.39 is 34.5 Å². The standard InChI is InChI=1S/C47H54N6O5/c1-43(2,3)57-41(54)52-46(24-32-23-45(32,7)25-46)39-50-37-33-14-12-28(20-30(33)17-19-56-38(37)51-39)26-8-10-27(11-9-26)29-13-15-35-36(22-29)49-40(48-35)47(18-16-31-21-34(31)47)53-42(55)58-44(4,5)6/h8-15,20,22,31-32,34H,16-19,21,23-25H2,1-7H3,(H,48,49)(H,50,51)(H,52,54)(H,53,55). The fourth-order valence-corrected chi connectivity index (χ4v) is 10.4. The van der Waals surface area contributed by atoms with Crippen molar-refractivity contribution >= 4 is 23.2 Å².